The van der Waals surface area contributed by atoms with Crippen LogP contribution >= 0.6 is 22.7 Å². The monoisotopic (exact) mass is 1230 g/mol. The van der Waals surface area contributed by atoms with Gasteiger partial charge < -0.3 is 9.13 Å². The Labute approximate surface area is 547 Å². The quantitative estimate of drug-likeness (QED) is 0.136. The van der Waals surface area contributed by atoms with Crippen molar-refractivity contribution in [3.63, 3.8) is 0 Å². The Morgan fingerprint density at radius 1 is 0.213 bits per heavy atom. The lowest BCUT2D eigenvalue weighted by Gasteiger charge is -2.18. The zero-order chi connectivity index (χ0) is 61.8. The van der Waals surface area contributed by atoms with Crippen LogP contribution < -0.4 is 0 Å². The molecule has 94 heavy (non-hydrogen) atoms. The number of thiophene rings is 2. The first kappa shape index (κ1) is 53.7. The van der Waals surface area contributed by atoms with Crippen LogP contribution in [0.15, 0.2) is 303 Å². The van der Waals surface area contributed by atoms with E-state index in [-0.39, 0.29) is 0 Å². The van der Waals surface area contributed by atoms with Gasteiger partial charge in [-0.1, -0.05) is 237 Å². The predicted molar refractivity (Wildman–Crippen MR) is 391 cm³/mol. The van der Waals surface area contributed by atoms with Crippen molar-refractivity contribution >= 4 is 107 Å². The minimum Gasteiger partial charge on any atom is -0.308 e. The molecule has 19 aromatic rings. The number of nitrogens with zero attached hydrogens (tertiary/aromatic N) is 8. The van der Waals surface area contributed by atoms with Crippen molar-refractivity contribution in [2.24, 2.45) is 0 Å². The van der Waals surface area contributed by atoms with Crippen molar-refractivity contribution < 1.29 is 0 Å². The third kappa shape index (κ3) is 8.79. The molecule has 6 heterocycles. The Bertz CT molecular complexity index is 5740. The van der Waals surface area contributed by atoms with Gasteiger partial charge in [0, 0.05) is 95.3 Å². The molecule has 0 spiro atoms. The van der Waals surface area contributed by atoms with Gasteiger partial charge in [-0.05, 0) is 89.0 Å². The summed E-state index contributed by atoms with van der Waals surface area (Å²) in [7, 11) is 0. The maximum atomic E-state index is 5.38. The second-order valence-electron chi connectivity index (χ2n) is 23.7. The summed E-state index contributed by atoms with van der Waals surface area (Å²) in [6.45, 7) is 0. The summed E-state index contributed by atoms with van der Waals surface area (Å²) in [6.07, 6.45) is 0. The van der Waals surface area contributed by atoms with Crippen LogP contribution in [0.2, 0.25) is 0 Å². The maximum Gasteiger partial charge on any atom is 0.166 e. The SMILES string of the molecule is c1ccc(-c2nc(-c3ccccc3)nc(-c3ccc(-c4cccc(-c5ccc(-c6nc(-c7ccccc7)nc(-c7ccccc7)n6)c(-n6c7ccccc7c7c8sc9ccccc9c8ccc76)c5)c4)cc3-n3c4ccccc4c4c5sc6ccccc6c5ccc43)n2)cc1. The average Bonchev–Trinajstić information content (AvgIpc) is 1.56. The van der Waals surface area contributed by atoms with Crippen molar-refractivity contribution in [2.75, 3.05) is 0 Å². The lowest BCUT2D eigenvalue weighted by atomic mass is 9.96. The number of hydrogen-bond acceptors (Lipinski definition) is 8. The first-order valence-electron chi connectivity index (χ1n) is 31.4. The number of para-hydroxylation sites is 2. The van der Waals surface area contributed by atoms with Gasteiger partial charge in [0.1, 0.15) is 0 Å². The Kier molecular flexibility index (Phi) is 12.5. The lowest BCUT2D eigenvalue weighted by molar-refractivity contribution is 1.06. The Morgan fingerprint density at radius 2 is 0.532 bits per heavy atom. The number of rotatable bonds is 10. The van der Waals surface area contributed by atoms with Crippen LogP contribution in [-0.4, -0.2) is 39.0 Å². The molecule has 0 atom stereocenters. The Morgan fingerprint density at radius 3 is 0.926 bits per heavy atom. The van der Waals surface area contributed by atoms with E-state index in [4.69, 9.17) is 29.9 Å². The summed E-state index contributed by atoms with van der Waals surface area (Å²) in [5.41, 5.74) is 15.8. The molecular formula is C84H50N8S2. The van der Waals surface area contributed by atoms with E-state index in [1.165, 1.54) is 61.9 Å². The van der Waals surface area contributed by atoms with Gasteiger partial charge in [0.15, 0.2) is 34.9 Å². The van der Waals surface area contributed by atoms with E-state index >= 15 is 0 Å². The summed E-state index contributed by atoms with van der Waals surface area (Å²) < 4.78 is 9.93. The highest BCUT2D eigenvalue weighted by Crippen LogP contribution is 2.48. The zero-order valence-electron chi connectivity index (χ0n) is 50.3. The van der Waals surface area contributed by atoms with Crippen LogP contribution in [0.1, 0.15) is 0 Å². The van der Waals surface area contributed by atoms with Crippen LogP contribution in [0.5, 0.6) is 0 Å². The normalized spacial score (nSPS) is 11.8. The summed E-state index contributed by atoms with van der Waals surface area (Å²) in [4.78, 5) is 31.8. The standard InChI is InChI=1S/C84H50N8S2/c1-5-22-51(23-6-1)79-85-80(52-24-7-2-8-25-52)88-83(87-79)65-42-40-57(49-71(65)91-67-36-17-13-34-63(67)75-69(91)46-44-61-59-32-15-19-38-73(59)93-77(61)75)55-30-21-31-56(48-55)58-41-43-66(84-89-81(53-26-9-3-10-27-53)86-82(90-84)54-28-11-4-12-29-54)72(50-58)92-68-37-18-14-35-64(68)76-70(92)47-45-62-60-33-16-20-39-74(60)94-78(62)76/h1-50H. The largest absolute Gasteiger partial charge is 0.308 e. The van der Waals surface area contributed by atoms with Gasteiger partial charge in [-0.3, -0.25) is 0 Å². The molecule has 0 aliphatic carbocycles. The van der Waals surface area contributed by atoms with E-state index in [2.05, 4.69) is 240 Å². The summed E-state index contributed by atoms with van der Waals surface area (Å²) in [5.74, 6) is 3.56. The minimum atomic E-state index is 0.576. The maximum absolute atomic E-state index is 5.38. The molecule has 0 aliphatic rings. The summed E-state index contributed by atoms with van der Waals surface area (Å²) in [6, 6.07) is 108. The highest BCUT2D eigenvalue weighted by Gasteiger charge is 2.26. The molecule has 0 saturated carbocycles. The van der Waals surface area contributed by atoms with Gasteiger partial charge >= 0.3 is 0 Å². The highest BCUT2D eigenvalue weighted by molar-refractivity contribution is 7.27. The summed E-state index contributed by atoms with van der Waals surface area (Å²) in [5, 5.41) is 9.84. The van der Waals surface area contributed by atoms with E-state index in [0.717, 1.165) is 89.1 Å². The number of aromatic nitrogens is 8. The molecule has 0 amide bonds. The van der Waals surface area contributed by atoms with Crippen molar-refractivity contribution in [2.45, 2.75) is 0 Å². The topological polar surface area (TPSA) is 87.2 Å². The van der Waals surface area contributed by atoms with E-state index in [1.54, 1.807) is 0 Å². The second kappa shape index (κ2) is 21.8. The fraction of sp³-hybridized carbons (Fsp3) is 0. The smallest absolute Gasteiger partial charge is 0.166 e. The lowest BCUT2D eigenvalue weighted by Crippen LogP contribution is -2.04. The zero-order valence-corrected chi connectivity index (χ0v) is 51.9. The molecule has 0 bridgehead atoms. The minimum absolute atomic E-state index is 0.576. The first-order valence-corrected chi connectivity index (χ1v) is 33.0. The number of hydrogen-bond donors (Lipinski definition) is 0. The van der Waals surface area contributed by atoms with Crippen LogP contribution in [0.4, 0.5) is 0 Å². The molecular weight excluding hydrogens is 1190 g/mol. The molecule has 0 aliphatic heterocycles. The van der Waals surface area contributed by atoms with Crippen molar-refractivity contribution in [3.8, 4) is 102 Å². The van der Waals surface area contributed by atoms with Gasteiger partial charge in [0.25, 0.3) is 0 Å². The molecule has 0 unspecified atom stereocenters. The van der Waals surface area contributed by atoms with Gasteiger partial charge in [0.2, 0.25) is 0 Å². The van der Waals surface area contributed by atoms with Crippen LogP contribution in [0.25, 0.3) is 186 Å². The molecule has 19 rings (SSSR count). The molecule has 438 valence electrons. The highest BCUT2D eigenvalue weighted by atomic mass is 32.1. The van der Waals surface area contributed by atoms with E-state index in [9.17, 15) is 0 Å². The Balaban J connectivity index is 0.838. The van der Waals surface area contributed by atoms with E-state index in [0.29, 0.717) is 34.9 Å². The second-order valence-corrected chi connectivity index (χ2v) is 25.8. The predicted octanol–water partition coefficient (Wildman–Crippen LogP) is 22.3. The molecule has 0 N–H and O–H groups in total. The fourth-order valence-corrected chi connectivity index (χ4v) is 16.4. The molecule has 13 aromatic carbocycles. The molecule has 0 fully saturated rings. The molecule has 8 nitrogen and oxygen atoms in total. The van der Waals surface area contributed by atoms with E-state index < -0.39 is 0 Å². The van der Waals surface area contributed by atoms with E-state index in [1.807, 2.05) is 95.5 Å². The van der Waals surface area contributed by atoms with Crippen LogP contribution in [0.3, 0.4) is 0 Å². The molecule has 10 heteroatoms. The van der Waals surface area contributed by atoms with Gasteiger partial charge in [-0.25, -0.2) is 29.9 Å². The Hall–Kier alpha value is -12.1. The third-order valence-electron chi connectivity index (χ3n) is 18.2. The van der Waals surface area contributed by atoms with Gasteiger partial charge in [0.05, 0.1) is 33.4 Å². The number of fused-ring (bicyclic) bond motifs is 14. The third-order valence-corrected chi connectivity index (χ3v) is 20.7. The molecule has 6 aromatic heterocycles. The van der Waals surface area contributed by atoms with Crippen molar-refractivity contribution in [3.05, 3.63) is 303 Å². The van der Waals surface area contributed by atoms with Crippen molar-refractivity contribution in [1.82, 2.24) is 39.0 Å². The van der Waals surface area contributed by atoms with Crippen LogP contribution in [0, 0.1) is 0 Å². The average molecular weight is 1240 g/mol. The molecule has 0 saturated heterocycles. The molecule has 0 radical (unpaired) electrons. The van der Waals surface area contributed by atoms with Gasteiger partial charge in [-0.2, -0.15) is 0 Å². The fourth-order valence-electron chi connectivity index (χ4n) is 13.9. The van der Waals surface area contributed by atoms with Gasteiger partial charge in [-0.15, -0.1) is 22.7 Å². The first-order chi connectivity index (χ1) is 46.6. The van der Waals surface area contributed by atoms with Crippen molar-refractivity contribution in [1.29, 1.82) is 0 Å². The van der Waals surface area contributed by atoms with Crippen LogP contribution in [-0.2, 0) is 0 Å². The summed E-state index contributed by atoms with van der Waals surface area (Å²) >= 11 is 3.71. The number of benzene rings is 13.